The second-order valence-electron chi connectivity index (χ2n) is 6.48. The Kier molecular flexibility index (Phi) is 6.53. The fraction of sp³-hybridized carbons (Fsp3) is 0.647. The van der Waals surface area contributed by atoms with Gasteiger partial charge in [-0.25, -0.2) is 0 Å². The molecule has 0 aliphatic carbocycles. The third kappa shape index (κ3) is 4.78. The third-order valence-corrected chi connectivity index (χ3v) is 4.93. The lowest BCUT2D eigenvalue weighted by molar-refractivity contribution is 0.201. The molecule has 114 valence electrons. The van der Waals surface area contributed by atoms with Crippen molar-refractivity contribution in [3.05, 3.63) is 28.2 Å². The molecule has 0 aliphatic rings. The molecular formula is C17H28BrNO. The molecule has 0 fully saturated rings. The van der Waals surface area contributed by atoms with E-state index in [1.54, 1.807) is 7.11 Å². The van der Waals surface area contributed by atoms with Gasteiger partial charge in [0.15, 0.2) is 0 Å². The van der Waals surface area contributed by atoms with Crippen LogP contribution >= 0.6 is 15.9 Å². The summed E-state index contributed by atoms with van der Waals surface area (Å²) in [6.07, 6.45) is 1.03. The van der Waals surface area contributed by atoms with Crippen molar-refractivity contribution < 1.29 is 4.74 Å². The summed E-state index contributed by atoms with van der Waals surface area (Å²) in [6, 6.07) is 6.72. The van der Waals surface area contributed by atoms with E-state index in [1.807, 2.05) is 6.07 Å². The number of nitrogens with one attached hydrogen (secondary N) is 1. The molecular weight excluding hydrogens is 314 g/mol. The summed E-state index contributed by atoms with van der Waals surface area (Å²) >= 11 is 3.67. The van der Waals surface area contributed by atoms with Gasteiger partial charge in [0.2, 0.25) is 0 Å². The van der Waals surface area contributed by atoms with Crippen molar-refractivity contribution >= 4 is 15.9 Å². The highest BCUT2D eigenvalue weighted by atomic mass is 79.9. The molecule has 1 N–H and O–H groups in total. The van der Waals surface area contributed by atoms with Crippen LogP contribution in [0.25, 0.3) is 0 Å². The van der Waals surface area contributed by atoms with E-state index in [0.717, 1.165) is 23.2 Å². The van der Waals surface area contributed by atoms with Gasteiger partial charge in [-0.05, 0) is 41.5 Å². The molecule has 0 heterocycles. The molecule has 0 amide bonds. The summed E-state index contributed by atoms with van der Waals surface area (Å²) in [6.45, 7) is 12.4. The van der Waals surface area contributed by atoms with E-state index in [4.69, 9.17) is 4.74 Å². The van der Waals surface area contributed by atoms with Crippen LogP contribution in [0.4, 0.5) is 0 Å². The molecule has 1 aromatic rings. The molecule has 1 aromatic carbocycles. The van der Waals surface area contributed by atoms with Gasteiger partial charge in [-0.1, -0.05) is 50.5 Å². The van der Waals surface area contributed by atoms with Crippen LogP contribution in [-0.4, -0.2) is 19.7 Å². The lowest BCUT2D eigenvalue weighted by Gasteiger charge is -2.35. The Morgan fingerprint density at radius 2 is 1.90 bits per heavy atom. The number of hydrogen-bond donors (Lipinski definition) is 1. The first-order valence-corrected chi connectivity index (χ1v) is 8.13. The maximum Gasteiger partial charge on any atom is 0.119 e. The highest BCUT2D eigenvalue weighted by Gasteiger charge is 2.29. The summed E-state index contributed by atoms with van der Waals surface area (Å²) in [5.74, 6) is 1.53. The fourth-order valence-electron chi connectivity index (χ4n) is 2.16. The minimum absolute atomic E-state index is 0.221. The Labute approximate surface area is 132 Å². The summed E-state index contributed by atoms with van der Waals surface area (Å²) in [4.78, 5) is 0. The lowest BCUT2D eigenvalue weighted by atomic mass is 9.74. The second-order valence-corrected chi connectivity index (χ2v) is 7.33. The molecule has 0 saturated heterocycles. The fourth-order valence-corrected chi connectivity index (χ4v) is 2.54. The molecule has 20 heavy (non-hydrogen) atoms. The highest BCUT2D eigenvalue weighted by Crippen LogP contribution is 2.34. The lowest BCUT2D eigenvalue weighted by Crippen LogP contribution is -2.40. The highest BCUT2D eigenvalue weighted by molar-refractivity contribution is 9.10. The zero-order chi connectivity index (χ0) is 15.3. The van der Waals surface area contributed by atoms with Crippen LogP contribution in [0.5, 0.6) is 5.75 Å². The normalized spacial score (nSPS) is 14.7. The first-order chi connectivity index (χ1) is 9.28. The smallest absolute Gasteiger partial charge is 0.119 e. The molecule has 0 spiro atoms. The van der Waals surface area contributed by atoms with E-state index >= 15 is 0 Å². The Hall–Kier alpha value is -0.540. The number of rotatable bonds is 7. The second kappa shape index (κ2) is 7.46. The van der Waals surface area contributed by atoms with Gasteiger partial charge < -0.3 is 10.1 Å². The van der Waals surface area contributed by atoms with Gasteiger partial charge in [-0.15, -0.1) is 0 Å². The van der Waals surface area contributed by atoms with Crippen molar-refractivity contribution in [2.75, 3.05) is 13.7 Å². The first-order valence-electron chi connectivity index (χ1n) is 7.34. The molecule has 3 heteroatoms. The Morgan fingerprint density at radius 1 is 1.25 bits per heavy atom. The summed E-state index contributed by atoms with van der Waals surface area (Å²) in [7, 11) is 1.72. The Bertz CT molecular complexity index is 431. The topological polar surface area (TPSA) is 21.3 Å². The summed E-state index contributed by atoms with van der Waals surface area (Å²) in [5.41, 5.74) is 1.53. The van der Waals surface area contributed by atoms with Gasteiger partial charge in [-0.3, -0.25) is 0 Å². The Morgan fingerprint density at radius 3 is 2.40 bits per heavy atom. The number of halogens is 1. The summed E-state index contributed by atoms with van der Waals surface area (Å²) < 4.78 is 6.51. The number of benzene rings is 1. The molecule has 2 nitrogen and oxygen atoms in total. The van der Waals surface area contributed by atoms with Crippen LogP contribution in [0.2, 0.25) is 0 Å². The van der Waals surface area contributed by atoms with Crippen molar-refractivity contribution in [1.29, 1.82) is 0 Å². The van der Waals surface area contributed by atoms with Crippen LogP contribution in [-0.2, 0) is 6.42 Å². The van der Waals surface area contributed by atoms with Gasteiger partial charge in [0.05, 0.1) is 7.11 Å². The number of ether oxygens (including phenoxy) is 1. The average molecular weight is 342 g/mol. The van der Waals surface area contributed by atoms with Crippen LogP contribution in [0, 0.1) is 11.3 Å². The predicted molar refractivity (Wildman–Crippen MR) is 90.5 cm³/mol. The monoisotopic (exact) mass is 341 g/mol. The Balaban J connectivity index is 2.95. The largest absolute Gasteiger partial charge is 0.497 e. The maximum absolute atomic E-state index is 5.35. The van der Waals surface area contributed by atoms with Crippen molar-refractivity contribution in [3.8, 4) is 5.75 Å². The molecule has 0 bridgehead atoms. The van der Waals surface area contributed by atoms with Gasteiger partial charge in [0, 0.05) is 17.1 Å². The van der Waals surface area contributed by atoms with Crippen molar-refractivity contribution in [3.63, 3.8) is 0 Å². The standard InChI is InChI=1S/C17H28BrNO/c1-12(2)17(5,11-19-13(3)4)10-14-9-15(20-6)7-8-16(14)18/h7-9,12-13,19H,10-11H2,1-6H3. The van der Waals surface area contributed by atoms with Crippen molar-refractivity contribution in [1.82, 2.24) is 5.32 Å². The van der Waals surface area contributed by atoms with E-state index in [1.165, 1.54) is 5.56 Å². The van der Waals surface area contributed by atoms with Gasteiger partial charge >= 0.3 is 0 Å². The third-order valence-electron chi connectivity index (χ3n) is 4.16. The van der Waals surface area contributed by atoms with E-state index in [2.05, 4.69) is 68.0 Å². The minimum Gasteiger partial charge on any atom is -0.497 e. The van der Waals surface area contributed by atoms with Crippen LogP contribution in [0.1, 0.15) is 40.2 Å². The van der Waals surface area contributed by atoms with Gasteiger partial charge in [0.1, 0.15) is 5.75 Å². The molecule has 1 rings (SSSR count). The SMILES string of the molecule is COc1ccc(Br)c(CC(C)(CNC(C)C)C(C)C)c1. The predicted octanol–water partition coefficient (Wildman–Crippen LogP) is 4.66. The van der Waals surface area contributed by atoms with Gasteiger partial charge in [-0.2, -0.15) is 0 Å². The van der Waals surface area contributed by atoms with E-state index < -0.39 is 0 Å². The number of methoxy groups -OCH3 is 1. The molecule has 1 atom stereocenters. The van der Waals surface area contributed by atoms with Crippen molar-refractivity contribution in [2.45, 2.75) is 47.1 Å². The molecule has 0 saturated carbocycles. The van der Waals surface area contributed by atoms with Crippen LogP contribution in [0.3, 0.4) is 0 Å². The minimum atomic E-state index is 0.221. The average Bonchev–Trinajstić information content (AvgIpc) is 2.39. The van der Waals surface area contributed by atoms with E-state index in [-0.39, 0.29) is 5.41 Å². The summed E-state index contributed by atoms with van der Waals surface area (Å²) in [5, 5.41) is 3.59. The van der Waals surface area contributed by atoms with E-state index in [0.29, 0.717) is 12.0 Å². The molecule has 0 aromatic heterocycles. The van der Waals surface area contributed by atoms with Crippen LogP contribution in [0.15, 0.2) is 22.7 Å². The van der Waals surface area contributed by atoms with Gasteiger partial charge in [0.25, 0.3) is 0 Å². The van der Waals surface area contributed by atoms with Crippen molar-refractivity contribution in [2.24, 2.45) is 11.3 Å². The molecule has 1 unspecified atom stereocenters. The quantitative estimate of drug-likeness (QED) is 0.778. The number of hydrogen-bond acceptors (Lipinski definition) is 2. The zero-order valence-corrected chi connectivity index (χ0v) is 15.2. The van der Waals surface area contributed by atoms with E-state index in [9.17, 15) is 0 Å². The zero-order valence-electron chi connectivity index (χ0n) is 13.6. The van der Waals surface area contributed by atoms with Crippen LogP contribution < -0.4 is 10.1 Å². The molecule has 0 aliphatic heterocycles. The molecule has 0 radical (unpaired) electrons. The first kappa shape index (κ1) is 17.5. The maximum atomic E-state index is 5.35.